The summed E-state index contributed by atoms with van der Waals surface area (Å²) in [5.74, 6) is 0.671. The number of para-hydroxylation sites is 2. The minimum Gasteiger partial charge on any atom is -0.496 e. The Morgan fingerprint density at radius 1 is 1.22 bits per heavy atom. The van der Waals surface area contributed by atoms with Gasteiger partial charge in [-0.1, -0.05) is 44.7 Å². The number of nitrogens with zero attached hydrogens (tertiary/aromatic N) is 1. The molecule has 1 saturated carbocycles. The third kappa shape index (κ3) is 3.65. The molecule has 2 aliphatic rings. The third-order valence-corrected chi connectivity index (χ3v) is 6.06. The molecule has 1 fully saturated rings. The molecule has 0 spiro atoms. The van der Waals surface area contributed by atoms with Crippen molar-refractivity contribution in [1.82, 2.24) is 9.97 Å². The number of imidazole rings is 1. The van der Waals surface area contributed by atoms with Gasteiger partial charge < -0.3 is 14.8 Å². The average molecular weight is 368 g/mol. The number of aromatic amines is 1. The highest BCUT2D eigenvalue weighted by molar-refractivity contribution is 6.21. The first kappa shape index (κ1) is 18.2. The molecule has 5 nitrogen and oxygen atoms in total. The molecular formula is C22H28N2O3. The Balaban J connectivity index is 1.49. The number of ether oxygens (including phenoxy) is 1. The molecule has 2 heterocycles. The number of hydrogen-bond acceptors (Lipinski definition) is 4. The molecule has 4 rings (SSSR count). The fourth-order valence-corrected chi connectivity index (χ4v) is 4.47. The van der Waals surface area contributed by atoms with Gasteiger partial charge in [0.25, 0.3) is 0 Å². The fraction of sp³-hybridized carbons (Fsp3) is 0.545. The first-order chi connectivity index (χ1) is 13.2. The Bertz CT molecular complexity index is 808. The van der Waals surface area contributed by atoms with Crippen molar-refractivity contribution in [3.63, 3.8) is 0 Å². The van der Waals surface area contributed by atoms with E-state index in [2.05, 4.69) is 16.9 Å². The molecule has 1 aliphatic heterocycles. The Labute approximate surface area is 159 Å². The number of H-pyrrole nitrogens is 1. The number of allylic oxidation sites excluding steroid dienone is 1. The number of Topliss-reactive ketones (excluding diaryl/α,β-unsaturated/α-hetero) is 1. The van der Waals surface area contributed by atoms with Crippen LogP contribution >= 0.6 is 0 Å². The highest BCUT2D eigenvalue weighted by atomic mass is 16.5. The van der Waals surface area contributed by atoms with E-state index >= 15 is 0 Å². The number of ketones is 1. The standard InChI is InChI=1S/C22H28N2O3/c1-2-3-4-5-8-14-11-15-20(12-19(14)25)27-13-16(21(15)26)22-23-17-9-6-7-10-18(17)24-22/h6-7,9-10,13-15,19-20,25H,2-5,8,11-12H2,1H3,(H,23,24). The number of rotatable bonds is 6. The molecule has 5 heteroatoms. The normalized spacial score (nSPS) is 27.9. The SMILES string of the molecule is CCCCCCC1CC2C(=O)C(c3nc4ccccc4[nH]3)=COC2CC1O. The monoisotopic (exact) mass is 368 g/mol. The highest BCUT2D eigenvalue weighted by Gasteiger charge is 2.44. The lowest BCUT2D eigenvalue weighted by Gasteiger charge is -2.40. The van der Waals surface area contributed by atoms with Crippen molar-refractivity contribution in [2.75, 3.05) is 0 Å². The first-order valence-electron chi connectivity index (χ1n) is 10.2. The lowest BCUT2D eigenvalue weighted by molar-refractivity contribution is -0.129. The van der Waals surface area contributed by atoms with Crippen molar-refractivity contribution in [3.05, 3.63) is 36.4 Å². The van der Waals surface area contributed by atoms with Crippen molar-refractivity contribution in [2.45, 2.75) is 64.1 Å². The Hall–Kier alpha value is -2.14. The van der Waals surface area contributed by atoms with E-state index in [0.717, 1.165) is 23.9 Å². The number of fused-ring (bicyclic) bond motifs is 2. The van der Waals surface area contributed by atoms with E-state index in [1.807, 2.05) is 24.3 Å². The second kappa shape index (κ2) is 7.85. The minimum absolute atomic E-state index is 0.0933. The molecule has 4 atom stereocenters. The fourth-order valence-electron chi connectivity index (χ4n) is 4.47. The maximum atomic E-state index is 13.2. The van der Waals surface area contributed by atoms with Crippen LogP contribution in [0.4, 0.5) is 0 Å². The second-order valence-electron chi connectivity index (χ2n) is 7.93. The summed E-state index contributed by atoms with van der Waals surface area (Å²) in [5.41, 5.74) is 2.28. The van der Waals surface area contributed by atoms with Crippen LogP contribution in [0.1, 0.15) is 57.7 Å². The maximum absolute atomic E-state index is 13.2. The van der Waals surface area contributed by atoms with Crippen molar-refractivity contribution in [3.8, 4) is 0 Å². The van der Waals surface area contributed by atoms with Gasteiger partial charge in [-0.15, -0.1) is 0 Å². The van der Waals surface area contributed by atoms with Gasteiger partial charge in [0.15, 0.2) is 5.78 Å². The number of aliphatic hydroxyl groups is 1. The summed E-state index contributed by atoms with van der Waals surface area (Å²) >= 11 is 0. The van der Waals surface area contributed by atoms with Crippen LogP contribution in [0.25, 0.3) is 16.6 Å². The average Bonchev–Trinajstić information content (AvgIpc) is 3.10. The molecule has 27 heavy (non-hydrogen) atoms. The molecule has 0 bridgehead atoms. The first-order valence-corrected chi connectivity index (χ1v) is 10.2. The van der Waals surface area contributed by atoms with E-state index in [1.54, 1.807) is 0 Å². The van der Waals surface area contributed by atoms with Gasteiger partial charge in [-0.2, -0.15) is 0 Å². The largest absolute Gasteiger partial charge is 0.496 e. The topological polar surface area (TPSA) is 75.2 Å². The smallest absolute Gasteiger partial charge is 0.176 e. The van der Waals surface area contributed by atoms with E-state index in [1.165, 1.54) is 25.5 Å². The Morgan fingerprint density at radius 3 is 2.89 bits per heavy atom. The van der Waals surface area contributed by atoms with Gasteiger partial charge in [0, 0.05) is 6.42 Å². The molecule has 1 aromatic heterocycles. The van der Waals surface area contributed by atoms with Crippen LogP contribution in [0.15, 0.2) is 30.5 Å². The van der Waals surface area contributed by atoms with Crippen LogP contribution < -0.4 is 0 Å². The Kier molecular flexibility index (Phi) is 5.30. The van der Waals surface area contributed by atoms with Crippen LogP contribution in [0.2, 0.25) is 0 Å². The number of aromatic nitrogens is 2. The molecule has 1 aliphatic carbocycles. The molecule has 1 aromatic carbocycles. The zero-order chi connectivity index (χ0) is 18.8. The van der Waals surface area contributed by atoms with Gasteiger partial charge in [-0.05, 0) is 30.9 Å². The van der Waals surface area contributed by atoms with Gasteiger partial charge in [-0.25, -0.2) is 4.98 Å². The molecule has 0 amide bonds. The number of aliphatic hydroxyl groups excluding tert-OH is 1. The number of unbranched alkanes of at least 4 members (excludes halogenated alkanes) is 3. The number of carbonyl (C=O) groups is 1. The second-order valence-corrected chi connectivity index (χ2v) is 7.93. The van der Waals surface area contributed by atoms with E-state index in [9.17, 15) is 9.90 Å². The van der Waals surface area contributed by atoms with Crippen molar-refractivity contribution in [1.29, 1.82) is 0 Å². The van der Waals surface area contributed by atoms with Crippen LogP contribution in [-0.2, 0) is 9.53 Å². The predicted octanol–water partition coefficient (Wildman–Crippen LogP) is 4.23. The van der Waals surface area contributed by atoms with E-state index in [-0.39, 0.29) is 29.8 Å². The van der Waals surface area contributed by atoms with Crippen LogP contribution in [0.3, 0.4) is 0 Å². The Morgan fingerprint density at radius 2 is 2.07 bits per heavy atom. The molecular weight excluding hydrogens is 340 g/mol. The molecule has 0 saturated heterocycles. The van der Waals surface area contributed by atoms with Crippen LogP contribution in [0.5, 0.6) is 0 Å². The molecule has 2 N–H and O–H groups in total. The molecule has 4 unspecified atom stereocenters. The molecule has 144 valence electrons. The quantitative estimate of drug-likeness (QED) is 0.748. The summed E-state index contributed by atoms with van der Waals surface area (Å²) in [6.07, 6.45) is 7.93. The number of benzene rings is 1. The van der Waals surface area contributed by atoms with Gasteiger partial charge in [0.05, 0.1) is 34.9 Å². The summed E-state index contributed by atoms with van der Waals surface area (Å²) < 4.78 is 5.87. The third-order valence-electron chi connectivity index (χ3n) is 6.06. The van der Waals surface area contributed by atoms with E-state index in [0.29, 0.717) is 24.2 Å². The summed E-state index contributed by atoms with van der Waals surface area (Å²) in [4.78, 5) is 21.0. The van der Waals surface area contributed by atoms with Crippen molar-refractivity contribution in [2.24, 2.45) is 11.8 Å². The highest BCUT2D eigenvalue weighted by Crippen LogP contribution is 2.40. The molecule has 0 radical (unpaired) electrons. The van der Waals surface area contributed by atoms with Crippen molar-refractivity contribution >= 4 is 22.4 Å². The number of carbonyl (C=O) groups excluding carboxylic acids is 1. The van der Waals surface area contributed by atoms with E-state index < -0.39 is 0 Å². The van der Waals surface area contributed by atoms with Gasteiger partial charge in [-0.3, -0.25) is 4.79 Å². The van der Waals surface area contributed by atoms with Crippen LogP contribution in [-0.4, -0.2) is 33.1 Å². The summed E-state index contributed by atoms with van der Waals surface area (Å²) in [7, 11) is 0. The number of hydrogen-bond donors (Lipinski definition) is 2. The van der Waals surface area contributed by atoms with Gasteiger partial charge in [0.2, 0.25) is 0 Å². The van der Waals surface area contributed by atoms with E-state index in [4.69, 9.17) is 4.74 Å². The van der Waals surface area contributed by atoms with Gasteiger partial charge >= 0.3 is 0 Å². The maximum Gasteiger partial charge on any atom is 0.176 e. The zero-order valence-corrected chi connectivity index (χ0v) is 15.9. The lowest BCUT2D eigenvalue weighted by atomic mass is 9.72. The zero-order valence-electron chi connectivity index (χ0n) is 15.9. The predicted molar refractivity (Wildman–Crippen MR) is 105 cm³/mol. The minimum atomic E-state index is -0.373. The van der Waals surface area contributed by atoms with Crippen molar-refractivity contribution < 1.29 is 14.6 Å². The number of nitrogens with one attached hydrogen (secondary N) is 1. The van der Waals surface area contributed by atoms with Gasteiger partial charge in [0.1, 0.15) is 11.9 Å². The lowest BCUT2D eigenvalue weighted by Crippen LogP contribution is -2.45. The summed E-state index contributed by atoms with van der Waals surface area (Å²) in [6.45, 7) is 2.20. The summed E-state index contributed by atoms with van der Waals surface area (Å²) in [5, 5.41) is 10.5. The summed E-state index contributed by atoms with van der Waals surface area (Å²) in [6, 6.07) is 7.75. The van der Waals surface area contributed by atoms with Crippen LogP contribution in [0, 0.1) is 11.8 Å². The molecule has 2 aromatic rings.